The van der Waals surface area contributed by atoms with Crippen LogP contribution in [0.4, 0.5) is 4.79 Å². The molecule has 3 N–H and O–H groups in total. The van der Waals surface area contributed by atoms with Crippen LogP contribution in [0.3, 0.4) is 0 Å². The van der Waals surface area contributed by atoms with Crippen molar-refractivity contribution in [1.82, 2.24) is 10.2 Å². The molecule has 1 rings (SSSR count). The lowest BCUT2D eigenvalue weighted by Gasteiger charge is -2.15. The minimum atomic E-state index is 0.117. The molecule has 0 aromatic rings. The summed E-state index contributed by atoms with van der Waals surface area (Å²) in [6.45, 7) is 3.44. The first-order valence-electron chi connectivity index (χ1n) is 6.07. The maximum atomic E-state index is 11.5. The van der Waals surface area contributed by atoms with Gasteiger partial charge in [-0.2, -0.15) is 0 Å². The van der Waals surface area contributed by atoms with E-state index in [1.165, 1.54) is 6.42 Å². The molecule has 0 aromatic carbocycles. The quantitative estimate of drug-likeness (QED) is 0.654. The number of carbonyl (C=O) groups is 1. The molecule has 0 bridgehead atoms. The first-order valence-corrected chi connectivity index (χ1v) is 6.07. The number of nitrogens with one attached hydrogen (secondary N) is 1. The van der Waals surface area contributed by atoms with Crippen LogP contribution >= 0.6 is 0 Å². The summed E-state index contributed by atoms with van der Waals surface area (Å²) in [5.41, 5.74) is 5.40. The number of amides is 2. The maximum Gasteiger partial charge on any atom is 0.317 e. The Hall–Kier alpha value is -0.770. The van der Waals surface area contributed by atoms with Gasteiger partial charge in [0.2, 0.25) is 0 Å². The highest BCUT2D eigenvalue weighted by Crippen LogP contribution is 2.06. The van der Waals surface area contributed by atoms with Crippen molar-refractivity contribution < 1.29 is 4.79 Å². The fourth-order valence-corrected chi connectivity index (χ4v) is 1.85. The van der Waals surface area contributed by atoms with Gasteiger partial charge >= 0.3 is 6.03 Å². The Bertz CT molecular complexity index is 179. The molecule has 0 saturated carbocycles. The molecule has 2 amide bonds. The molecule has 0 unspecified atom stereocenters. The van der Waals surface area contributed by atoms with Crippen molar-refractivity contribution in [2.45, 2.75) is 38.5 Å². The van der Waals surface area contributed by atoms with Crippen LogP contribution in [0, 0.1) is 0 Å². The van der Waals surface area contributed by atoms with E-state index in [0.29, 0.717) is 0 Å². The topological polar surface area (TPSA) is 58.4 Å². The average molecular weight is 213 g/mol. The van der Waals surface area contributed by atoms with Gasteiger partial charge in [0.25, 0.3) is 0 Å². The summed E-state index contributed by atoms with van der Waals surface area (Å²) in [5.74, 6) is 0. The molecular weight excluding hydrogens is 190 g/mol. The van der Waals surface area contributed by atoms with Gasteiger partial charge in [-0.3, -0.25) is 0 Å². The van der Waals surface area contributed by atoms with Crippen molar-refractivity contribution in [1.29, 1.82) is 0 Å². The van der Waals surface area contributed by atoms with Crippen molar-refractivity contribution >= 4 is 6.03 Å². The number of hydrogen-bond donors (Lipinski definition) is 2. The molecule has 0 spiro atoms. The third kappa shape index (κ3) is 5.02. The normalized spacial score (nSPS) is 15.7. The highest BCUT2D eigenvalue weighted by Gasteiger charge is 2.16. The molecule has 1 fully saturated rings. The zero-order valence-electron chi connectivity index (χ0n) is 9.50. The summed E-state index contributed by atoms with van der Waals surface area (Å²) in [4.78, 5) is 13.4. The fourth-order valence-electron chi connectivity index (χ4n) is 1.85. The predicted octanol–water partition coefficient (Wildman–Crippen LogP) is 1.31. The van der Waals surface area contributed by atoms with E-state index < -0.39 is 0 Å². The lowest BCUT2D eigenvalue weighted by atomic mass is 10.2. The number of nitrogens with two attached hydrogens (primary N) is 1. The van der Waals surface area contributed by atoms with Gasteiger partial charge in [0.1, 0.15) is 0 Å². The Morgan fingerprint density at radius 1 is 1.13 bits per heavy atom. The van der Waals surface area contributed by atoms with Gasteiger partial charge in [-0.15, -0.1) is 0 Å². The smallest absolute Gasteiger partial charge is 0.317 e. The minimum absolute atomic E-state index is 0.117. The summed E-state index contributed by atoms with van der Waals surface area (Å²) >= 11 is 0. The van der Waals surface area contributed by atoms with Crippen molar-refractivity contribution in [3.05, 3.63) is 0 Å². The standard InChI is InChI=1S/C11H23N3O/c12-7-3-1-2-4-8-13-11(15)14-9-5-6-10-14/h1-10,12H2,(H,13,15). The molecule has 0 aromatic heterocycles. The van der Waals surface area contributed by atoms with Gasteiger partial charge in [-0.25, -0.2) is 4.79 Å². The van der Waals surface area contributed by atoms with Crippen LogP contribution in [-0.4, -0.2) is 37.1 Å². The summed E-state index contributed by atoms with van der Waals surface area (Å²) in [7, 11) is 0. The van der Waals surface area contributed by atoms with Crippen molar-refractivity contribution in [3.63, 3.8) is 0 Å². The van der Waals surface area contributed by atoms with Crippen LogP contribution in [-0.2, 0) is 0 Å². The Balaban J connectivity index is 1.92. The molecule has 1 aliphatic rings. The molecular formula is C11H23N3O. The second kappa shape index (κ2) is 7.51. The van der Waals surface area contributed by atoms with E-state index >= 15 is 0 Å². The van der Waals surface area contributed by atoms with Crippen molar-refractivity contribution in [2.75, 3.05) is 26.2 Å². The number of hydrogen-bond acceptors (Lipinski definition) is 2. The van der Waals surface area contributed by atoms with Crippen LogP contribution in [0.25, 0.3) is 0 Å². The number of nitrogens with zero attached hydrogens (tertiary/aromatic N) is 1. The van der Waals surface area contributed by atoms with E-state index in [4.69, 9.17) is 5.73 Å². The third-order valence-electron chi connectivity index (χ3n) is 2.80. The molecule has 4 nitrogen and oxygen atoms in total. The summed E-state index contributed by atoms with van der Waals surface area (Å²) in [5, 5.41) is 2.96. The second-order valence-corrected chi connectivity index (χ2v) is 4.13. The Morgan fingerprint density at radius 2 is 1.80 bits per heavy atom. The third-order valence-corrected chi connectivity index (χ3v) is 2.80. The predicted molar refractivity (Wildman–Crippen MR) is 61.7 cm³/mol. The van der Waals surface area contributed by atoms with Crippen LogP contribution in [0.1, 0.15) is 38.5 Å². The summed E-state index contributed by atoms with van der Waals surface area (Å²) in [6, 6.07) is 0.117. The maximum absolute atomic E-state index is 11.5. The Labute approximate surface area is 92.2 Å². The monoisotopic (exact) mass is 213 g/mol. The summed E-state index contributed by atoms with van der Waals surface area (Å²) < 4.78 is 0. The molecule has 4 heteroatoms. The molecule has 0 atom stereocenters. The molecule has 1 heterocycles. The van der Waals surface area contributed by atoms with Crippen LogP contribution < -0.4 is 11.1 Å². The molecule has 88 valence electrons. The number of unbranched alkanes of at least 4 members (excludes halogenated alkanes) is 3. The van der Waals surface area contributed by atoms with Crippen LogP contribution in [0.2, 0.25) is 0 Å². The second-order valence-electron chi connectivity index (χ2n) is 4.13. The fraction of sp³-hybridized carbons (Fsp3) is 0.909. The van der Waals surface area contributed by atoms with E-state index in [2.05, 4.69) is 5.32 Å². The first-order chi connectivity index (χ1) is 7.34. The van der Waals surface area contributed by atoms with Gasteiger partial charge in [0, 0.05) is 19.6 Å². The zero-order valence-corrected chi connectivity index (χ0v) is 9.50. The Kier molecular flexibility index (Phi) is 6.16. The number of carbonyl (C=O) groups excluding carboxylic acids is 1. The molecule has 0 aliphatic carbocycles. The first kappa shape index (κ1) is 12.3. The van der Waals surface area contributed by atoms with E-state index in [-0.39, 0.29) is 6.03 Å². The number of urea groups is 1. The average Bonchev–Trinajstić information content (AvgIpc) is 2.76. The number of rotatable bonds is 6. The molecule has 15 heavy (non-hydrogen) atoms. The van der Waals surface area contributed by atoms with E-state index in [9.17, 15) is 4.79 Å². The zero-order chi connectivity index (χ0) is 10.9. The van der Waals surface area contributed by atoms with Gasteiger partial charge < -0.3 is 16.0 Å². The van der Waals surface area contributed by atoms with Crippen molar-refractivity contribution in [2.24, 2.45) is 5.73 Å². The summed E-state index contributed by atoms with van der Waals surface area (Å²) in [6.07, 6.45) is 6.82. The molecule has 1 saturated heterocycles. The van der Waals surface area contributed by atoms with Crippen LogP contribution in [0.5, 0.6) is 0 Å². The van der Waals surface area contributed by atoms with E-state index in [1.54, 1.807) is 0 Å². The highest BCUT2D eigenvalue weighted by molar-refractivity contribution is 5.74. The Morgan fingerprint density at radius 3 is 2.47 bits per heavy atom. The minimum Gasteiger partial charge on any atom is -0.338 e. The number of likely N-dealkylation sites (tertiary alicyclic amines) is 1. The van der Waals surface area contributed by atoms with Crippen LogP contribution in [0.15, 0.2) is 0 Å². The van der Waals surface area contributed by atoms with Gasteiger partial charge in [-0.1, -0.05) is 12.8 Å². The highest BCUT2D eigenvalue weighted by atomic mass is 16.2. The molecule has 0 radical (unpaired) electrons. The lowest BCUT2D eigenvalue weighted by molar-refractivity contribution is 0.208. The van der Waals surface area contributed by atoms with Crippen molar-refractivity contribution in [3.8, 4) is 0 Å². The van der Waals surface area contributed by atoms with Gasteiger partial charge in [-0.05, 0) is 32.2 Å². The largest absolute Gasteiger partial charge is 0.338 e. The SMILES string of the molecule is NCCCCCCNC(=O)N1CCCC1. The van der Waals surface area contributed by atoms with E-state index in [1.807, 2.05) is 4.90 Å². The van der Waals surface area contributed by atoms with Gasteiger partial charge in [0.05, 0.1) is 0 Å². The lowest BCUT2D eigenvalue weighted by Crippen LogP contribution is -2.38. The van der Waals surface area contributed by atoms with E-state index in [0.717, 1.165) is 58.3 Å². The van der Waals surface area contributed by atoms with Gasteiger partial charge in [0.15, 0.2) is 0 Å². The molecule has 1 aliphatic heterocycles.